The molecule has 0 fully saturated rings. The standard InChI is InChI=1S/C37H45N5O6/c1-19(2)15-32-40-27-13-10-23(17-29(27)41-32)39-37(45)34(20(3)4)42-28-14-11-24-25(18-30(28)44)26(38-21(5)43)12-9-22-16-31(46-6)35(47-7)36(48-8)33(22)24/h10-11,13-14,16-20,26,34H,9,12,15H2,1-8H3,(H,38,43)(H,39,45)(H,40,41)(H,42,44)/t26-,34-/m0/s1. The maximum absolute atomic E-state index is 13.9. The summed E-state index contributed by atoms with van der Waals surface area (Å²) in [4.78, 5) is 47.9. The van der Waals surface area contributed by atoms with E-state index in [2.05, 4.69) is 39.8 Å². The Morgan fingerprint density at radius 2 is 1.73 bits per heavy atom. The number of nitrogens with zero attached hydrogens (tertiary/aromatic N) is 1. The van der Waals surface area contributed by atoms with Gasteiger partial charge < -0.3 is 35.1 Å². The van der Waals surface area contributed by atoms with E-state index in [4.69, 9.17) is 14.2 Å². The minimum Gasteiger partial charge on any atom is -0.493 e. The van der Waals surface area contributed by atoms with Gasteiger partial charge in [-0.1, -0.05) is 33.8 Å². The van der Waals surface area contributed by atoms with Crippen molar-refractivity contribution in [1.82, 2.24) is 15.3 Å². The average Bonchev–Trinajstić information content (AvgIpc) is 3.28. The fourth-order valence-electron chi connectivity index (χ4n) is 6.37. The van der Waals surface area contributed by atoms with Crippen molar-refractivity contribution in [2.75, 3.05) is 32.0 Å². The second kappa shape index (κ2) is 14.4. The fourth-order valence-corrected chi connectivity index (χ4v) is 6.37. The summed E-state index contributed by atoms with van der Waals surface area (Å²) in [7, 11) is 4.67. The number of imidazole rings is 1. The number of methoxy groups -OCH3 is 3. The van der Waals surface area contributed by atoms with Crippen LogP contribution >= 0.6 is 0 Å². The van der Waals surface area contributed by atoms with Crippen molar-refractivity contribution in [3.05, 3.63) is 69.6 Å². The molecule has 1 aliphatic carbocycles. The van der Waals surface area contributed by atoms with Crippen LogP contribution in [0.15, 0.2) is 47.3 Å². The van der Waals surface area contributed by atoms with Crippen LogP contribution in [0.25, 0.3) is 22.2 Å². The number of fused-ring (bicyclic) bond motifs is 4. The molecule has 0 bridgehead atoms. The van der Waals surface area contributed by atoms with Crippen molar-refractivity contribution in [2.24, 2.45) is 11.8 Å². The van der Waals surface area contributed by atoms with Crippen LogP contribution in [0.2, 0.25) is 0 Å². The van der Waals surface area contributed by atoms with Gasteiger partial charge in [-0.2, -0.15) is 0 Å². The molecule has 0 aliphatic heterocycles. The number of anilines is 2. The number of hydrogen-bond acceptors (Lipinski definition) is 8. The van der Waals surface area contributed by atoms with Crippen LogP contribution in [-0.4, -0.2) is 49.2 Å². The van der Waals surface area contributed by atoms with Crippen molar-refractivity contribution in [2.45, 2.75) is 66.0 Å². The third-order valence-electron chi connectivity index (χ3n) is 8.58. The zero-order valence-electron chi connectivity index (χ0n) is 28.9. The molecular formula is C37H45N5O6. The lowest BCUT2D eigenvalue weighted by Crippen LogP contribution is -2.39. The van der Waals surface area contributed by atoms with Gasteiger partial charge in [0.1, 0.15) is 11.9 Å². The molecule has 4 aromatic rings. The highest BCUT2D eigenvalue weighted by Crippen LogP contribution is 2.50. The van der Waals surface area contributed by atoms with Gasteiger partial charge >= 0.3 is 0 Å². The fraction of sp³-hybridized carbons (Fsp3) is 0.405. The molecule has 0 radical (unpaired) electrons. The Morgan fingerprint density at radius 1 is 0.979 bits per heavy atom. The van der Waals surface area contributed by atoms with Crippen LogP contribution in [0.5, 0.6) is 17.2 Å². The summed E-state index contributed by atoms with van der Waals surface area (Å²) in [5.41, 5.74) is 5.27. The van der Waals surface area contributed by atoms with Crippen molar-refractivity contribution in [3.63, 3.8) is 0 Å². The largest absolute Gasteiger partial charge is 0.493 e. The molecule has 1 aromatic heterocycles. The number of aromatic amines is 1. The highest BCUT2D eigenvalue weighted by Gasteiger charge is 2.30. The monoisotopic (exact) mass is 655 g/mol. The van der Waals surface area contributed by atoms with Gasteiger partial charge in [-0.15, -0.1) is 0 Å². The molecule has 1 heterocycles. The van der Waals surface area contributed by atoms with E-state index < -0.39 is 12.1 Å². The van der Waals surface area contributed by atoms with Crippen molar-refractivity contribution < 1.29 is 23.8 Å². The second-order valence-electron chi connectivity index (χ2n) is 13.0. The Labute approximate surface area is 280 Å². The number of rotatable bonds is 11. The third-order valence-corrected chi connectivity index (χ3v) is 8.58. The predicted molar refractivity (Wildman–Crippen MR) is 188 cm³/mol. The van der Waals surface area contributed by atoms with Gasteiger partial charge in [0.2, 0.25) is 23.0 Å². The van der Waals surface area contributed by atoms with E-state index in [0.717, 1.165) is 34.4 Å². The smallest absolute Gasteiger partial charge is 0.247 e. The number of H-pyrrole nitrogens is 1. The van der Waals surface area contributed by atoms with Crippen molar-refractivity contribution >= 4 is 34.2 Å². The maximum Gasteiger partial charge on any atom is 0.247 e. The van der Waals surface area contributed by atoms with Gasteiger partial charge in [0.05, 0.1) is 44.1 Å². The molecule has 11 nitrogen and oxygen atoms in total. The Morgan fingerprint density at radius 3 is 2.38 bits per heavy atom. The van der Waals surface area contributed by atoms with Gasteiger partial charge in [0.25, 0.3) is 0 Å². The van der Waals surface area contributed by atoms with E-state index >= 15 is 0 Å². The molecule has 1 aliphatic rings. The molecule has 0 spiro atoms. The highest BCUT2D eigenvalue weighted by atomic mass is 16.5. The Bertz CT molecular complexity index is 1900. The number of nitrogens with one attached hydrogen (secondary N) is 4. The zero-order valence-corrected chi connectivity index (χ0v) is 28.9. The molecular weight excluding hydrogens is 610 g/mol. The van der Waals surface area contributed by atoms with Gasteiger partial charge in [-0.05, 0) is 77.8 Å². The molecule has 0 unspecified atom stereocenters. The summed E-state index contributed by atoms with van der Waals surface area (Å²) in [6.07, 6.45) is 1.96. The Hall–Kier alpha value is -5.06. The number of aromatic nitrogens is 2. The number of carbonyl (C=O) groups is 2. The number of amides is 2. The molecule has 48 heavy (non-hydrogen) atoms. The number of carbonyl (C=O) groups excluding carboxylic acids is 2. The molecule has 5 rings (SSSR count). The normalized spacial score (nSPS) is 14.5. The molecule has 2 amide bonds. The summed E-state index contributed by atoms with van der Waals surface area (Å²) < 4.78 is 17.2. The molecule has 3 aromatic carbocycles. The molecule has 4 N–H and O–H groups in total. The summed E-state index contributed by atoms with van der Waals surface area (Å²) in [6.45, 7) is 9.58. The maximum atomic E-state index is 13.9. The zero-order chi connectivity index (χ0) is 34.7. The van der Waals surface area contributed by atoms with E-state index in [-0.39, 0.29) is 28.8 Å². The number of ether oxygens (including phenoxy) is 3. The second-order valence-corrected chi connectivity index (χ2v) is 13.0. The van der Waals surface area contributed by atoms with Crippen LogP contribution in [0.1, 0.15) is 64.0 Å². The Kier molecular flexibility index (Phi) is 10.3. The van der Waals surface area contributed by atoms with E-state index in [1.54, 1.807) is 33.5 Å². The molecule has 2 atom stereocenters. The van der Waals surface area contributed by atoms with Gasteiger partial charge in [-0.3, -0.25) is 14.4 Å². The first-order valence-electron chi connectivity index (χ1n) is 16.3. The van der Waals surface area contributed by atoms with Crippen molar-refractivity contribution in [3.8, 4) is 28.4 Å². The molecule has 0 saturated carbocycles. The van der Waals surface area contributed by atoms with E-state index in [9.17, 15) is 14.4 Å². The van der Waals surface area contributed by atoms with Crippen LogP contribution in [0.3, 0.4) is 0 Å². The summed E-state index contributed by atoms with van der Waals surface area (Å²) in [5.74, 6) is 2.13. The SMILES string of the molecule is COc1cc2c(c(OC)c1OC)-c1ccc(N[C@H](C(=O)Nc3ccc4nc(CC(C)C)[nH]c4c3)C(C)C)c(=O)cc1[C@@H](NC(C)=O)CC2. The number of aryl methyl sites for hydroxylation is 1. The first-order valence-corrected chi connectivity index (χ1v) is 16.3. The lowest BCUT2D eigenvalue weighted by atomic mass is 9.95. The van der Waals surface area contributed by atoms with Crippen molar-refractivity contribution in [1.29, 1.82) is 0 Å². The lowest BCUT2D eigenvalue weighted by molar-refractivity contribution is -0.120. The quantitative estimate of drug-likeness (QED) is 0.154. The lowest BCUT2D eigenvalue weighted by Gasteiger charge is -2.22. The minimum atomic E-state index is -0.730. The van der Waals surface area contributed by atoms with Crippen LogP contribution in [0, 0.1) is 11.8 Å². The summed E-state index contributed by atoms with van der Waals surface area (Å²) in [6, 6.07) is 11.4. The van der Waals surface area contributed by atoms with Crippen LogP contribution in [-0.2, 0) is 22.4 Å². The highest BCUT2D eigenvalue weighted by molar-refractivity contribution is 5.98. The topological polar surface area (TPSA) is 144 Å². The first-order chi connectivity index (χ1) is 22.9. The van der Waals surface area contributed by atoms with E-state index in [0.29, 0.717) is 52.8 Å². The van der Waals surface area contributed by atoms with E-state index in [1.165, 1.54) is 6.92 Å². The number of benzene rings is 2. The van der Waals surface area contributed by atoms with Crippen LogP contribution < -0.4 is 35.6 Å². The summed E-state index contributed by atoms with van der Waals surface area (Å²) >= 11 is 0. The van der Waals surface area contributed by atoms with Crippen LogP contribution in [0.4, 0.5) is 11.4 Å². The number of hydrogen-bond donors (Lipinski definition) is 4. The third kappa shape index (κ3) is 7.10. The minimum absolute atomic E-state index is 0.161. The van der Waals surface area contributed by atoms with E-state index in [1.807, 2.05) is 44.2 Å². The summed E-state index contributed by atoms with van der Waals surface area (Å²) in [5, 5.41) is 9.27. The van der Waals surface area contributed by atoms with Gasteiger partial charge in [0, 0.05) is 24.6 Å². The molecule has 11 heteroatoms. The van der Waals surface area contributed by atoms with Gasteiger partial charge in [-0.25, -0.2) is 4.98 Å². The Balaban J connectivity index is 1.53. The average molecular weight is 656 g/mol. The first kappa shape index (κ1) is 34.3. The predicted octanol–water partition coefficient (Wildman–Crippen LogP) is 6.01. The molecule has 254 valence electrons. The molecule has 0 saturated heterocycles. The van der Waals surface area contributed by atoms with Gasteiger partial charge in [0.15, 0.2) is 11.5 Å².